The molecule has 0 aromatic heterocycles. The molecule has 0 fully saturated rings. The van der Waals surface area contributed by atoms with Crippen LogP contribution in [0.25, 0.3) is 10.8 Å². The van der Waals surface area contributed by atoms with Gasteiger partial charge < -0.3 is 5.32 Å². The van der Waals surface area contributed by atoms with E-state index in [-0.39, 0.29) is 11.8 Å². The van der Waals surface area contributed by atoms with Gasteiger partial charge in [0.25, 0.3) is 11.8 Å². The first-order valence-corrected chi connectivity index (χ1v) is 13.8. The molecule has 1 N–H and O–H groups in total. The van der Waals surface area contributed by atoms with Crippen LogP contribution in [-0.4, -0.2) is 29.8 Å². The van der Waals surface area contributed by atoms with E-state index in [1.165, 1.54) is 75.5 Å². The molecule has 0 unspecified atom stereocenters. The topological polar surface area (TPSA) is 49.4 Å². The van der Waals surface area contributed by atoms with Gasteiger partial charge in [-0.3, -0.25) is 14.5 Å². The third kappa shape index (κ3) is 6.84. The SMILES string of the molecule is CCCCCCCCCCN1C(=O)c2cccc3c(NCCCCCCCC)ccc(c23)C1=O. The van der Waals surface area contributed by atoms with E-state index in [1.807, 2.05) is 30.3 Å². The molecule has 2 aromatic carbocycles. The second-order valence-corrected chi connectivity index (χ2v) is 9.82. The number of anilines is 1. The van der Waals surface area contributed by atoms with E-state index in [0.717, 1.165) is 42.3 Å². The average Bonchev–Trinajstić information content (AvgIpc) is 2.85. The van der Waals surface area contributed by atoms with Gasteiger partial charge in [0, 0.05) is 40.7 Å². The maximum Gasteiger partial charge on any atom is 0.261 e. The molecule has 1 aliphatic rings. The van der Waals surface area contributed by atoms with Crippen LogP contribution in [0, 0.1) is 0 Å². The summed E-state index contributed by atoms with van der Waals surface area (Å²) < 4.78 is 0. The molecule has 0 radical (unpaired) electrons. The molecule has 0 saturated carbocycles. The van der Waals surface area contributed by atoms with Gasteiger partial charge in [-0.15, -0.1) is 0 Å². The van der Waals surface area contributed by atoms with Crippen LogP contribution in [0.1, 0.15) is 124 Å². The Morgan fingerprint density at radius 1 is 0.647 bits per heavy atom. The molecular weight excluding hydrogens is 420 g/mol. The predicted molar refractivity (Wildman–Crippen MR) is 144 cm³/mol. The van der Waals surface area contributed by atoms with Crippen molar-refractivity contribution in [1.82, 2.24) is 4.90 Å². The first-order valence-electron chi connectivity index (χ1n) is 13.8. The van der Waals surface area contributed by atoms with Crippen molar-refractivity contribution >= 4 is 28.3 Å². The van der Waals surface area contributed by atoms with Gasteiger partial charge in [-0.1, -0.05) is 103 Å². The van der Waals surface area contributed by atoms with Crippen molar-refractivity contribution < 1.29 is 9.59 Å². The molecule has 0 spiro atoms. The fourth-order valence-electron chi connectivity index (χ4n) is 5.04. The highest BCUT2D eigenvalue weighted by atomic mass is 16.2. The summed E-state index contributed by atoms with van der Waals surface area (Å²) >= 11 is 0. The minimum Gasteiger partial charge on any atom is -0.385 e. The smallest absolute Gasteiger partial charge is 0.261 e. The molecule has 186 valence electrons. The number of nitrogens with zero attached hydrogens (tertiary/aromatic N) is 1. The molecule has 2 aromatic rings. The van der Waals surface area contributed by atoms with E-state index in [1.54, 1.807) is 0 Å². The molecular formula is C30H44N2O2. The van der Waals surface area contributed by atoms with Crippen molar-refractivity contribution in [3.05, 3.63) is 41.5 Å². The molecule has 1 aliphatic heterocycles. The number of imide groups is 1. The zero-order valence-electron chi connectivity index (χ0n) is 21.5. The number of carbonyl (C=O) groups is 2. The van der Waals surface area contributed by atoms with E-state index >= 15 is 0 Å². The first-order chi connectivity index (χ1) is 16.7. The third-order valence-corrected chi connectivity index (χ3v) is 7.07. The minimum absolute atomic E-state index is 0.140. The van der Waals surface area contributed by atoms with Gasteiger partial charge in [-0.2, -0.15) is 0 Å². The fourth-order valence-corrected chi connectivity index (χ4v) is 5.04. The maximum absolute atomic E-state index is 13.2. The normalized spacial score (nSPS) is 13.2. The molecule has 3 rings (SSSR count). The molecule has 34 heavy (non-hydrogen) atoms. The van der Waals surface area contributed by atoms with Crippen LogP contribution in [0.3, 0.4) is 0 Å². The Labute approximate surface area is 206 Å². The molecule has 4 heteroatoms. The number of carbonyl (C=O) groups excluding carboxylic acids is 2. The van der Waals surface area contributed by atoms with Crippen LogP contribution in [0.2, 0.25) is 0 Å². The van der Waals surface area contributed by atoms with Gasteiger partial charge in [-0.05, 0) is 31.0 Å². The van der Waals surface area contributed by atoms with Crippen molar-refractivity contribution in [3.8, 4) is 0 Å². The predicted octanol–water partition coefficient (Wildman–Crippen LogP) is 8.35. The number of nitrogens with one attached hydrogen (secondary N) is 1. The largest absolute Gasteiger partial charge is 0.385 e. The summed E-state index contributed by atoms with van der Waals surface area (Å²) in [6, 6.07) is 9.77. The highest BCUT2D eigenvalue weighted by Crippen LogP contribution is 2.34. The van der Waals surface area contributed by atoms with Gasteiger partial charge in [-0.25, -0.2) is 0 Å². The molecule has 0 aliphatic carbocycles. The summed E-state index contributed by atoms with van der Waals surface area (Å²) in [5.41, 5.74) is 2.34. The summed E-state index contributed by atoms with van der Waals surface area (Å²) in [6.07, 6.45) is 17.1. The van der Waals surface area contributed by atoms with E-state index in [9.17, 15) is 9.59 Å². The summed E-state index contributed by atoms with van der Waals surface area (Å²) in [5.74, 6) is -0.279. The van der Waals surface area contributed by atoms with Gasteiger partial charge in [0.2, 0.25) is 0 Å². The number of hydrogen-bond donors (Lipinski definition) is 1. The molecule has 0 saturated heterocycles. The van der Waals surface area contributed by atoms with E-state index in [4.69, 9.17) is 0 Å². The van der Waals surface area contributed by atoms with Crippen molar-refractivity contribution in [1.29, 1.82) is 0 Å². The van der Waals surface area contributed by atoms with Gasteiger partial charge in [0.1, 0.15) is 0 Å². The molecule has 0 atom stereocenters. The second kappa shape index (κ2) is 14.1. The summed E-state index contributed by atoms with van der Waals surface area (Å²) in [6.45, 7) is 5.90. The highest BCUT2D eigenvalue weighted by Gasteiger charge is 2.32. The quantitative estimate of drug-likeness (QED) is 0.189. The van der Waals surface area contributed by atoms with E-state index in [2.05, 4.69) is 19.2 Å². The van der Waals surface area contributed by atoms with Crippen molar-refractivity contribution in [2.75, 3.05) is 18.4 Å². The van der Waals surface area contributed by atoms with Gasteiger partial charge in [0.15, 0.2) is 0 Å². The van der Waals surface area contributed by atoms with E-state index < -0.39 is 0 Å². The Balaban J connectivity index is 1.58. The van der Waals surface area contributed by atoms with E-state index in [0.29, 0.717) is 17.7 Å². The molecule has 0 bridgehead atoms. The van der Waals surface area contributed by atoms with Crippen LogP contribution < -0.4 is 5.32 Å². The van der Waals surface area contributed by atoms with Crippen LogP contribution in [0.4, 0.5) is 5.69 Å². The van der Waals surface area contributed by atoms with Crippen molar-refractivity contribution in [2.45, 2.75) is 104 Å². The lowest BCUT2D eigenvalue weighted by Gasteiger charge is -2.28. The number of hydrogen-bond acceptors (Lipinski definition) is 3. The standard InChI is InChI=1S/C30H44N2O2/c1-3-5-7-9-11-12-14-16-23-32-29(33)25-19-17-18-24-27(21-20-26(28(24)25)30(32)34)31-22-15-13-10-8-6-4-2/h17-21,31H,3-16,22-23H2,1-2H3. The van der Waals surface area contributed by atoms with Gasteiger partial charge in [0.05, 0.1) is 0 Å². The summed E-state index contributed by atoms with van der Waals surface area (Å²) in [4.78, 5) is 27.9. The van der Waals surface area contributed by atoms with Crippen LogP contribution >= 0.6 is 0 Å². The Bertz CT molecular complexity index is 915. The Morgan fingerprint density at radius 2 is 1.21 bits per heavy atom. The van der Waals surface area contributed by atoms with Crippen molar-refractivity contribution in [2.24, 2.45) is 0 Å². The fraction of sp³-hybridized carbons (Fsp3) is 0.600. The lowest BCUT2D eigenvalue weighted by Crippen LogP contribution is -2.40. The molecule has 1 heterocycles. The van der Waals surface area contributed by atoms with Gasteiger partial charge >= 0.3 is 0 Å². The monoisotopic (exact) mass is 464 g/mol. The summed E-state index contributed by atoms with van der Waals surface area (Å²) in [7, 11) is 0. The number of rotatable bonds is 17. The second-order valence-electron chi connectivity index (χ2n) is 9.82. The third-order valence-electron chi connectivity index (χ3n) is 7.07. The van der Waals surface area contributed by atoms with Crippen LogP contribution in [0.5, 0.6) is 0 Å². The lowest BCUT2D eigenvalue weighted by atomic mass is 9.92. The number of amides is 2. The number of benzene rings is 2. The van der Waals surface area contributed by atoms with Crippen molar-refractivity contribution in [3.63, 3.8) is 0 Å². The summed E-state index contributed by atoms with van der Waals surface area (Å²) in [5, 5.41) is 5.35. The zero-order valence-corrected chi connectivity index (χ0v) is 21.5. The minimum atomic E-state index is -0.140. The maximum atomic E-state index is 13.2. The molecule has 4 nitrogen and oxygen atoms in total. The number of unbranched alkanes of at least 4 members (excludes halogenated alkanes) is 12. The lowest BCUT2D eigenvalue weighted by molar-refractivity contribution is 0.0607. The Morgan fingerprint density at radius 3 is 1.85 bits per heavy atom. The highest BCUT2D eigenvalue weighted by molar-refractivity contribution is 6.26. The average molecular weight is 465 g/mol. The first kappa shape index (κ1) is 26.2. The molecule has 2 amide bonds. The van der Waals surface area contributed by atoms with Crippen LogP contribution in [0.15, 0.2) is 30.3 Å². The zero-order chi connectivity index (χ0) is 24.2. The Hall–Kier alpha value is -2.36. The Kier molecular flexibility index (Phi) is 10.9. The van der Waals surface area contributed by atoms with Crippen LogP contribution in [-0.2, 0) is 0 Å².